The molecule has 0 fully saturated rings. The maximum Gasteiger partial charge on any atom is 0.164 e. The Labute approximate surface area is 514 Å². The summed E-state index contributed by atoms with van der Waals surface area (Å²) in [5.41, 5.74) is 22.9. The Bertz CT molecular complexity index is 5490. The normalized spacial score (nSPS) is 11.7. The molecule has 0 radical (unpaired) electrons. The van der Waals surface area contributed by atoms with E-state index in [2.05, 4.69) is 288 Å². The first-order valence-electron chi connectivity index (χ1n) is 30.3. The van der Waals surface area contributed by atoms with Crippen molar-refractivity contribution in [2.24, 2.45) is 0 Å². The van der Waals surface area contributed by atoms with E-state index in [0.29, 0.717) is 17.5 Å². The van der Waals surface area contributed by atoms with Gasteiger partial charge in [0.25, 0.3) is 0 Å². The molecule has 0 amide bonds. The van der Waals surface area contributed by atoms with Gasteiger partial charge in [-0.15, -0.1) is 0 Å². The van der Waals surface area contributed by atoms with Gasteiger partial charge in [0, 0.05) is 82.8 Å². The third kappa shape index (κ3) is 8.73. The van der Waals surface area contributed by atoms with Crippen LogP contribution in [0.5, 0.6) is 0 Å². The van der Waals surface area contributed by atoms with Gasteiger partial charge in [0.05, 0.1) is 44.5 Å². The highest BCUT2D eigenvalue weighted by Gasteiger charge is 2.25. The predicted molar refractivity (Wildman–Crippen MR) is 368 cm³/mol. The van der Waals surface area contributed by atoms with E-state index in [1.165, 1.54) is 49.0 Å². The minimum atomic E-state index is 0.567. The minimum Gasteiger partial charge on any atom is -0.309 e. The third-order valence-electron chi connectivity index (χ3n) is 17.6. The number of rotatable bonds is 10. The van der Waals surface area contributed by atoms with Crippen LogP contribution in [0.1, 0.15) is 11.1 Å². The number of fused-ring (bicyclic) bond motifs is 9. The molecule has 89 heavy (non-hydrogen) atoms. The highest BCUT2D eigenvalue weighted by atomic mass is 15.0. The summed E-state index contributed by atoms with van der Waals surface area (Å²) in [4.78, 5) is 21.7. The van der Waals surface area contributed by atoms with Gasteiger partial charge < -0.3 is 13.7 Å². The SMILES string of the molecule is Cc1ccc2c(c1)c1ccccc1n2-c1ccc(-c2cc(-c3ccccc3-c3nc(-c4ccccc4)nc(-c4ccccc4)n3)c(-c3ccc(-n4c5ccccc5c5cc(C)ccc54)cc3)c(-c3ccc(-n4c5ccccc5c5ccccc54)cc3)n2)cc1. The summed E-state index contributed by atoms with van der Waals surface area (Å²) < 4.78 is 7.14. The van der Waals surface area contributed by atoms with Crippen LogP contribution in [-0.2, 0) is 0 Å². The minimum absolute atomic E-state index is 0.567. The molecule has 0 bridgehead atoms. The van der Waals surface area contributed by atoms with Crippen LogP contribution >= 0.6 is 0 Å². The van der Waals surface area contributed by atoms with Gasteiger partial charge in [0.15, 0.2) is 17.5 Å². The molecular weight excluding hydrogens is 1080 g/mol. The maximum atomic E-state index is 5.88. The molecule has 0 saturated carbocycles. The fourth-order valence-electron chi connectivity index (χ4n) is 13.5. The average Bonchev–Trinajstić information content (AvgIpc) is 1.90. The van der Waals surface area contributed by atoms with Gasteiger partial charge in [-0.25, -0.2) is 19.9 Å². The number of para-hydroxylation sites is 4. The summed E-state index contributed by atoms with van der Waals surface area (Å²) in [5, 5.41) is 7.36. The molecular formula is C82H55N7. The van der Waals surface area contributed by atoms with Crippen LogP contribution in [0.25, 0.3) is 161 Å². The smallest absolute Gasteiger partial charge is 0.164 e. The Morgan fingerprint density at radius 1 is 0.236 bits per heavy atom. The molecule has 17 rings (SSSR count). The van der Waals surface area contributed by atoms with Crippen molar-refractivity contribution in [3.8, 4) is 96.0 Å². The largest absolute Gasteiger partial charge is 0.309 e. The Morgan fingerprint density at radius 3 is 1.06 bits per heavy atom. The van der Waals surface area contributed by atoms with Crippen molar-refractivity contribution in [2.45, 2.75) is 13.8 Å². The molecule has 418 valence electrons. The van der Waals surface area contributed by atoms with Gasteiger partial charge in [0.2, 0.25) is 0 Å². The summed E-state index contributed by atoms with van der Waals surface area (Å²) in [7, 11) is 0. The van der Waals surface area contributed by atoms with Crippen LogP contribution < -0.4 is 0 Å². The molecule has 0 spiro atoms. The molecule has 0 unspecified atom stereocenters. The lowest BCUT2D eigenvalue weighted by Gasteiger charge is -2.21. The molecule has 7 nitrogen and oxygen atoms in total. The van der Waals surface area contributed by atoms with Crippen LogP contribution in [0.2, 0.25) is 0 Å². The van der Waals surface area contributed by atoms with E-state index in [9.17, 15) is 0 Å². The molecule has 5 aromatic heterocycles. The lowest BCUT2D eigenvalue weighted by Crippen LogP contribution is -2.02. The van der Waals surface area contributed by atoms with Crippen LogP contribution in [0.3, 0.4) is 0 Å². The fourth-order valence-corrected chi connectivity index (χ4v) is 13.5. The second-order valence-electron chi connectivity index (χ2n) is 23.1. The zero-order valence-electron chi connectivity index (χ0n) is 48.9. The number of hydrogen-bond acceptors (Lipinski definition) is 4. The molecule has 0 aliphatic carbocycles. The second kappa shape index (κ2) is 21.0. The van der Waals surface area contributed by atoms with Crippen LogP contribution in [-0.4, -0.2) is 33.6 Å². The van der Waals surface area contributed by atoms with Crippen molar-refractivity contribution in [3.05, 3.63) is 308 Å². The van der Waals surface area contributed by atoms with Crippen LogP contribution in [0.15, 0.2) is 297 Å². The van der Waals surface area contributed by atoms with E-state index in [1.54, 1.807) is 0 Å². The van der Waals surface area contributed by atoms with Gasteiger partial charge in [-0.3, -0.25) is 0 Å². The fraction of sp³-hybridized carbons (Fsp3) is 0.0244. The monoisotopic (exact) mass is 1140 g/mol. The molecule has 5 heterocycles. The lowest BCUT2D eigenvalue weighted by atomic mass is 9.87. The first-order chi connectivity index (χ1) is 44.0. The van der Waals surface area contributed by atoms with Crippen molar-refractivity contribution in [2.75, 3.05) is 0 Å². The van der Waals surface area contributed by atoms with Crippen molar-refractivity contribution in [1.29, 1.82) is 0 Å². The predicted octanol–water partition coefficient (Wildman–Crippen LogP) is 20.8. The van der Waals surface area contributed by atoms with E-state index < -0.39 is 0 Å². The standard InChI is InChI=1S/C82H55N7/c1-52-33-47-76-68(49-52)65-26-13-17-31-74(65)88(76)59-41-35-54(36-42-59)71-51-70(62-23-9-10-28-67(62)82-85-80(57-19-5-3-6-20-57)84-81(86-82)58-21-7-4-8-22-58)78(55-37-43-60(44-38-55)89-75-32-18-14-27-66(75)69-50-53(2)34-48-77(69)89)79(83-71)56-39-45-61(46-40-56)87-72-29-15-11-24-63(72)64-25-12-16-30-73(64)87/h3-51H,1-2H3. The average molecular weight is 1140 g/mol. The zero-order chi connectivity index (χ0) is 59.1. The number of benzene rings is 12. The summed E-state index contributed by atoms with van der Waals surface area (Å²) in [6.45, 7) is 4.33. The van der Waals surface area contributed by atoms with Crippen molar-refractivity contribution in [1.82, 2.24) is 33.6 Å². The summed E-state index contributed by atoms with van der Waals surface area (Å²) in [6, 6.07) is 106. The van der Waals surface area contributed by atoms with Crippen molar-refractivity contribution >= 4 is 65.4 Å². The summed E-state index contributed by atoms with van der Waals surface area (Å²) >= 11 is 0. The highest BCUT2D eigenvalue weighted by Crippen LogP contribution is 2.46. The Hall–Kier alpha value is -11.8. The quantitative estimate of drug-likeness (QED) is 0.137. The number of hydrogen-bond donors (Lipinski definition) is 0. The van der Waals surface area contributed by atoms with E-state index in [0.717, 1.165) is 106 Å². The third-order valence-corrected chi connectivity index (χ3v) is 17.6. The molecule has 0 saturated heterocycles. The first kappa shape index (κ1) is 51.6. The van der Waals surface area contributed by atoms with E-state index >= 15 is 0 Å². The van der Waals surface area contributed by atoms with E-state index in [4.69, 9.17) is 19.9 Å². The van der Waals surface area contributed by atoms with Gasteiger partial charge in [-0.05, 0) is 122 Å². The topological polar surface area (TPSA) is 66.3 Å². The molecule has 0 atom stereocenters. The van der Waals surface area contributed by atoms with Gasteiger partial charge in [0.1, 0.15) is 0 Å². The summed E-state index contributed by atoms with van der Waals surface area (Å²) in [6.07, 6.45) is 0. The Morgan fingerprint density at radius 2 is 0.596 bits per heavy atom. The van der Waals surface area contributed by atoms with Gasteiger partial charge in [-0.1, -0.05) is 217 Å². The van der Waals surface area contributed by atoms with E-state index in [-0.39, 0.29) is 0 Å². The highest BCUT2D eigenvalue weighted by molar-refractivity contribution is 6.12. The van der Waals surface area contributed by atoms with Gasteiger partial charge in [-0.2, -0.15) is 0 Å². The Kier molecular flexibility index (Phi) is 12.2. The number of nitrogens with zero attached hydrogens (tertiary/aromatic N) is 7. The summed E-state index contributed by atoms with van der Waals surface area (Å²) in [5.74, 6) is 1.76. The number of aromatic nitrogens is 7. The molecule has 17 aromatic rings. The van der Waals surface area contributed by atoms with E-state index in [1.807, 2.05) is 36.4 Å². The lowest BCUT2D eigenvalue weighted by molar-refractivity contribution is 1.07. The maximum absolute atomic E-state index is 5.88. The molecule has 12 aromatic carbocycles. The number of aryl methyl sites for hydroxylation is 2. The zero-order valence-corrected chi connectivity index (χ0v) is 48.9. The molecule has 7 heteroatoms. The second-order valence-corrected chi connectivity index (χ2v) is 23.1. The Balaban J connectivity index is 0.916. The van der Waals surface area contributed by atoms with Gasteiger partial charge >= 0.3 is 0 Å². The molecule has 0 aliphatic rings. The number of pyridine rings is 1. The molecule has 0 N–H and O–H groups in total. The first-order valence-corrected chi connectivity index (χ1v) is 30.3. The van der Waals surface area contributed by atoms with Crippen LogP contribution in [0.4, 0.5) is 0 Å². The molecule has 0 aliphatic heterocycles. The van der Waals surface area contributed by atoms with Crippen molar-refractivity contribution in [3.63, 3.8) is 0 Å². The van der Waals surface area contributed by atoms with Crippen LogP contribution in [0, 0.1) is 13.8 Å². The van der Waals surface area contributed by atoms with Crippen molar-refractivity contribution < 1.29 is 0 Å².